The van der Waals surface area contributed by atoms with E-state index in [-0.39, 0.29) is 5.91 Å². The van der Waals surface area contributed by atoms with Crippen LogP contribution in [0.4, 0.5) is 5.69 Å². The van der Waals surface area contributed by atoms with Gasteiger partial charge in [-0.1, -0.05) is 12.1 Å². The van der Waals surface area contributed by atoms with Gasteiger partial charge in [0.15, 0.2) is 6.10 Å². The summed E-state index contributed by atoms with van der Waals surface area (Å²) in [5.74, 6) is 0.110. The van der Waals surface area contributed by atoms with Crippen molar-refractivity contribution in [3.05, 3.63) is 41.2 Å². The number of benzene rings is 1. The number of hydrogen-bond donors (Lipinski definition) is 1. The molecular formula is C16H18N4O2. The molecule has 1 aromatic carbocycles. The standard InChI is InChI=1S/C16H18N4O2/c1-10-15(11(2)20(4)19-10)18-16(21)12(3)22-14-8-6-5-7-13(14)9-17/h5-8,12H,1-4H3,(H,18,21)/t12-/m0/s1. The molecule has 0 bridgehead atoms. The van der Waals surface area contributed by atoms with Gasteiger partial charge in [0.1, 0.15) is 11.8 Å². The molecule has 0 saturated carbocycles. The van der Waals surface area contributed by atoms with Gasteiger partial charge in [0.25, 0.3) is 5.91 Å². The Morgan fingerprint density at radius 2 is 2.09 bits per heavy atom. The lowest BCUT2D eigenvalue weighted by atomic mass is 10.2. The zero-order chi connectivity index (χ0) is 16.3. The molecule has 0 fully saturated rings. The van der Waals surface area contributed by atoms with E-state index in [9.17, 15) is 4.79 Å². The molecule has 0 aliphatic rings. The predicted molar refractivity (Wildman–Crippen MR) is 82.6 cm³/mol. The summed E-state index contributed by atoms with van der Waals surface area (Å²) >= 11 is 0. The molecule has 1 atom stereocenters. The van der Waals surface area contributed by atoms with Crippen molar-refractivity contribution in [2.24, 2.45) is 7.05 Å². The number of hydrogen-bond acceptors (Lipinski definition) is 4. The molecule has 0 aliphatic heterocycles. The van der Waals surface area contributed by atoms with Crippen molar-refractivity contribution in [3.8, 4) is 11.8 Å². The number of anilines is 1. The van der Waals surface area contributed by atoms with Gasteiger partial charge in [-0.25, -0.2) is 0 Å². The SMILES string of the molecule is Cc1nn(C)c(C)c1NC(=O)[C@H](C)Oc1ccccc1C#N. The number of ether oxygens (including phenoxy) is 1. The van der Waals surface area contributed by atoms with Gasteiger partial charge in [0.2, 0.25) is 0 Å². The summed E-state index contributed by atoms with van der Waals surface area (Å²) in [6, 6.07) is 8.87. The molecule has 6 nitrogen and oxygen atoms in total. The topological polar surface area (TPSA) is 79.9 Å². The molecule has 22 heavy (non-hydrogen) atoms. The van der Waals surface area contributed by atoms with E-state index in [0.717, 1.165) is 11.4 Å². The van der Waals surface area contributed by atoms with Crippen LogP contribution in [-0.4, -0.2) is 21.8 Å². The number of nitrogens with one attached hydrogen (secondary N) is 1. The largest absolute Gasteiger partial charge is 0.480 e. The first-order valence-electron chi connectivity index (χ1n) is 6.91. The van der Waals surface area contributed by atoms with Crippen LogP contribution in [-0.2, 0) is 11.8 Å². The third-order valence-electron chi connectivity index (χ3n) is 3.44. The average molecular weight is 298 g/mol. The number of carbonyl (C=O) groups is 1. The van der Waals surface area contributed by atoms with Crippen molar-refractivity contribution in [2.75, 3.05) is 5.32 Å². The number of nitriles is 1. The maximum absolute atomic E-state index is 12.3. The number of amides is 1. The Kier molecular flexibility index (Phi) is 4.47. The quantitative estimate of drug-likeness (QED) is 0.939. The van der Waals surface area contributed by atoms with E-state index >= 15 is 0 Å². The van der Waals surface area contributed by atoms with Gasteiger partial charge in [-0.05, 0) is 32.9 Å². The van der Waals surface area contributed by atoms with Crippen molar-refractivity contribution in [1.29, 1.82) is 5.26 Å². The number of aromatic nitrogens is 2. The lowest BCUT2D eigenvalue weighted by Crippen LogP contribution is -2.30. The lowest BCUT2D eigenvalue weighted by Gasteiger charge is -2.15. The summed E-state index contributed by atoms with van der Waals surface area (Å²) in [6.07, 6.45) is -0.728. The molecule has 1 N–H and O–H groups in total. The Labute approximate surface area is 129 Å². The van der Waals surface area contributed by atoms with Crippen LogP contribution in [0.1, 0.15) is 23.9 Å². The second kappa shape index (κ2) is 6.31. The highest BCUT2D eigenvalue weighted by atomic mass is 16.5. The third kappa shape index (κ3) is 3.09. The lowest BCUT2D eigenvalue weighted by molar-refractivity contribution is -0.122. The Bertz CT molecular complexity index is 743. The maximum atomic E-state index is 12.3. The number of para-hydroxylation sites is 1. The Morgan fingerprint density at radius 3 is 2.68 bits per heavy atom. The molecule has 0 spiro atoms. The zero-order valence-corrected chi connectivity index (χ0v) is 13.0. The monoisotopic (exact) mass is 298 g/mol. The molecule has 0 unspecified atom stereocenters. The fraction of sp³-hybridized carbons (Fsp3) is 0.312. The van der Waals surface area contributed by atoms with Crippen LogP contribution in [0.3, 0.4) is 0 Å². The smallest absolute Gasteiger partial charge is 0.265 e. The van der Waals surface area contributed by atoms with Gasteiger partial charge >= 0.3 is 0 Å². The van der Waals surface area contributed by atoms with Gasteiger partial charge in [-0.2, -0.15) is 10.4 Å². The van der Waals surface area contributed by atoms with Crippen LogP contribution < -0.4 is 10.1 Å². The molecule has 2 aromatic rings. The van der Waals surface area contributed by atoms with Gasteiger partial charge in [-0.3, -0.25) is 9.48 Å². The summed E-state index contributed by atoms with van der Waals surface area (Å²) < 4.78 is 7.30. The summed E-state index contributed by atoms with van der Waals surface area (Å²) in [6.45, 7) is 5.36. The Balaban J connectivity index is 2.11. The van der Waals surface area contributed by atoms with E-state index in [4.69, 9.17) is 10.00 Å². The van der Waals surface area contributed by atoms with E-state index in [1.165, 1.54) is 0 Å². The van der Waals surface area contributed by atoms with Crippen molar-refractivity contribution < 1.29 is 9.53 Å². The second-order valence-electron chi connectivity index (χ2n) is 5.03. The van der Waals surface area contributed by atoms with Gasteiger partial charge in [0, 0.05) is 7.05 Å². The predicted octanol–water partition coefficient (Wildman–Crippen LogP) is 2.31. The van der Waals surface area contributed by atoms with E-state index in [1.807, 2.05) is 27.0 Å². The molecule has 0 aliphatic carbocycles. The van der Waals surface area contributed by atoms with Crippen molar-refractivity contribution in [1.82, 2.24) is 9.78 Å². The first-order valence-corrected chi connectivity index (χ1v) is 6.91. The number of carbonyl (C=O) groups excluding carboxylic acids is 1. The highest BCUT2D eigenvalue weighted by molar-refractivity contribution is 5.95. The van der Waals surface area contributed by atoms with Crippen molar-refractivity contribution in [2.45, 2.75) is 26.9 Å². The summed E-state index contributed by atoms with van der Waals surface area (Å²) in [5.41, 5.74) is 2.71. The zero-order valence-electron chi connectivity index (χ0n) is 13.0. The van der Waals surface area contributed by atoms with Crippen LogP contribution >= 0.6 is 0 Å². The number of rotatable bonds is 4. The molecule has 0 saturated heterocycles. The van der Waals surface area contributed by atoms with Gasteiger partial charge in [0.05, 0.1) is 22.6 Å². The second-order valence-corrected chi connectivity index (χ2v) is 5.03. The Morgan fingerprint density at radius 1 is 1.41 bits per heavy atom. The van der Waals surface area contributed by atoms with Crippen LogP contribution in [0, 0.1) is 25.2 Å². The highest BCUT2D eigenvalue weighted by Gasteiger charge is 2.19. The normalized spacial score (nSPS) is 11.6. The fourth-order valence-electron chi connectivity index (χ4n) is 2.09. The molecule has 1 heterocycles. The first kappa shape index (κ1) is 15.6. The average Bonchev–Trinajstić information content (AvgIpc) is 2.74. The summed E-state index contributed by atoms with van der Waals surface area (Å²) in [5, 5.41) is 16.1. The van der Waals surface area contributed by atoms with Crippen LogP contribution in [0.15, 0.2) is 24.3 Å². The minimum absolute atomic E-state index is 0.285. The van der Waals surface area contributed by atoms with Crippen LogP contribution in [0.2, 0.25) is 0 Å². The van der Waals surface area contributed by atoms with Crippen LogP contribution in [0.25, 0.3) is 0 Å². The van der Waals surface area contributed by atoms with Crippen LogP contribution in [0.5, 0.6) is 5.75 Å². The highest BCUT2D eigenvalue weighted by Crippen LogP contribution is 2.21. The van der Waals surface area contributed by atoms with Crippen molar-refractivity contribution in [3.63, 3.8) is 0 Å². The summed E-state index contributed by atoms with van der Waals surface area (Å²) in [4.78, 5) is 12.3. The molecular weight excluding hydrogens is 280 g/mol. The first-order chi connectivity index (χ1) is 10.4. The number of nitrogens with zero attached hydrogens (tertiary/aromatic N) is 3. The minimum Gasteiger partial charge on any atom is -0.480 e. The maximum Gasteiger partial charge on any atom is 0.265 e. The minimum atomic E-state index is -0.728. The van der Waals surface area contributed by atoms with Crippen molar-refractivity contribution >= 4 is 11.6 Å². The number of aryl methyl sites for hydroxylation is 2. The third-order valence-corrected chi connectivity index (χ3v) is 3.44. The molecule has 1 amide bonds. The summed E-state index contributed by atoms with van der Waals surface area (Å²) in [7, 11) is 1.82. The van der Waals surface area contributed by atoms with E-state index in [0.29, 0.717) is 17.0 Å². The van der Waals surface area contributed by atoms with Gasteiger partial charge in [-0.15, -0.1) is 0 Å². The van der Waals surface area contributed by atoms with Gasteiger partial charge < -0.3 is 10.1 Å². The van der Waals surface area contributed by atoms with E-state index in [2.05, 4.69) is 10.4 Å². The Hall–Kier alpha value is -2.81. The van der Waals surface area contributed by atoms with E-state index in [1.54, 1.807) is 35.9 Å². The molecule has 0 radical (unpaired) electrons. The molecule has 2 rings (SSSR count). The fourth-order valence-corrected chi connectivity index (χ4v) is 2.09. The molecule has 1 aromatic heterocycles. The molecule has 114 valence electrons. The molecule has 6 heteroatoms. The van der Waals surface area contributed by atoms with E-state index < -0.39 is 6.10 Å².